The van der Waals surface area contributed by atoms with Crippen molar-refractivity contribution in [1.29, 1.82) is 0 Å². The molecule has 150 heavy (non-hydrogen) atoms. The largest absolute Gasteiger partial charge is 0.456 e. The van der Waals surface area contributed by atoms with E-state index < -0.39 is 0 Å². The van der Waals surface area contributed by atoms with Crippen molar-refractivity contribution in [3.63, 3.8) is 0 Å². The Morgan fingerprint density at radius 3 is 1.15 bits per heavy atom. The summed E-state index contributed by atoms with van der Waals surface area (Å²) in [6.07, 6.45) is 0. The smallest absolute Gasteiger partial charge is 0.137 e. The van der Waals surface area contributed by atoms with Crippen LogP contribution in [-0.2, 0) is 5.41 Å². The van der Waals surface area contributed by atoms with E-state index in [9.17, 15) is 0 Å². The lowest BCUT2D eigenvalue weighted by atomic mass is 9.81. The van der Waals surface area contributed by atoms with Crippen LogP contribution in [0.5, 0.6) is 0 Å². The van der Waals surface area contributed by atoms with Gasteiger partial charge in [-0.05, 0) is 269 Å². The van der Waals surface area contributed by atoms with E-state index in [1.54, 1.807) is 0 Å². The lowest BCUT2D eigenvalue weighted by molar-refractivity contribution is 0.661. The third kappa shape index (κ3) is 11.9. The average molecular weight is 1920 g/mol. The molecule has 23 aromatic carbocycles. The quantitative estimate of drug-likeness (QED) is 0.118. The summed E-state index contributed by atoms with van der Waals surface area (Å²) < 4.78 is 41.3. The van der Waals surface area contributed by atoms with Crippen LogP contribution in [0.25, 0.3) is 292 Å². The van der Waals surface area contributed by atoms with Gasteiger partial charge in [-0.1, -0.05) is 293 Å². The van der Waals surface area contributed by atoms with Crippen LogP contribution >= 0.6 is 0 Å². The molecule has 0 unspecified atom stereocenters. The first-order valence-electron chi connectivity index (χ1n) is 51.3. The molecule has 31 aromatic rings. The molecule has 4 aliphatic rings. The Hall–Kier alpha value is -19.8. The highest BCUT2D eigenvalue weighted by Crippen LogP contribution is 2.62. The Kier molecular flexibility index (Phi) is 17.1. The minimum absolute atomic E-state index is 0.0774. The maximum absolute atomic E-state index is 6.62. The molecule has 8 aromatic heterocycles. The molecule has 0 saturated heterocycles. The molecule has 0 spiro atoms. The van der Waals surface area contributed by atoms with Gasteiger partial charge in [0.1, 0.15) is 67.0 Å². The molecule has 0 fully saturated rings. The van der Waals surface area contributed by atoms with Gasteiger partial charge >= 0.3 is 0 Å². The SMILES string of the molecule is CC1(C)c2cccc3c2-c2c1ccc1ccc4c(c21)c1c-3cccc1n4-c1cccc(N(c2cccc(-c3ccccc3)c2)c2ccc3c(c2)oc2ccccc23)c1.c1ccc(-c2cccc(-c3ccc4oc5ccc6ccc7oc8cccc9c8c7c6c5c4c3-9)n2)cc1.c1ccc(-c2cccc(N(c3cccc(-c4ccc5oc6ccc7ccc8oc9cccc%10c9c8c7c6c5c4-%10)c3)c3ccc4c(c3)oc3ccccc34)c2)cc1. The van der Waals surface area contributed by atoms with E-state index in [4.69, 9.17) is 31.5 Å². The molecule has 8 heterocycles. The van der Waals surface area contributed by atoms with Gasteiger partial charge in [0.2, 0.25) is 0 Å². The molecule has 0 aliphatic heterocycles. The minimum Gasteiger partial charge on any atom is -0.456 e. The summed E-state index contributed by atoms with van der Waals surface area (Å²) in [5, 5.41) is 23.8. The third-order valence-corrected chi connectivity index (χ3v) is 32.4. The molecule has 10 heteroatoms. The highest BCUT2D eigenvalue weighted by Gasteiger charge is 2.41. The van der Waals surface area contributed by atoms with Crippen molar-refractivity contribution in [2.24, 2.45) is 0 Å². The van der Waals surface area contributed by atoms with Gasteiger partial charge in [-0.2, -0.15) is 0 Å². The number of hydrogen-bond acceptors (Lipinski definition) is 9. The van der Waals surface area contributed by atoms with Crippen molar-refractivity contribution in [1.82, 2.24) is 9.55 Å². The summed E-state index contributed by atoms with van der Waals surface area (Å²) in [6, 6.07) is 165. The average Bonchev–Trinajstić information content (AvgIpc) is 1.52. The Morgan fingerprint density at radius 1 is 0.193 bits per heavy atom. The lowest BCUT2D eigenvalue weighted by Gasteiger charge is -2.27. The van der Waals surface area contributed by atoms with E-state index in [1.807, 2.05) is 30.3 Å². The van der Waals surface area contributed by atoms with Crippen LogP contribution < -0.4 is 9.80 Å². The maximum Gasteiger partial charge on any atom is 0.137 e. The Bertz CT molecular complexity index is 11300. The van der Waals surface area contributed by atoms with Crippen molar-refractivity contribution >= 4 is 220 Å². The fraction of sp³-hybridized carbons (Fsp3) is 0.0214. The van der Waals surface area contributed by atoms with Gasteiger partial charge in [-0.3, -0.25) is 0 Å². The topological polar surface area (TPSA) is 103 Å². The van der Waals surface area contributed by atoms with E-state index >= 15 is 0 Å². The number of hydrogen-bond donors (Lipinski definition) is 0. The van der Waals surface area contributed by atoms with Gasteiger partial charge in [0.25, 0.3) is 0 Å². The van der Waals surface area contributed by atoms with Gasteiger partial charge in [-0.15, -0.1) is 0 Å². The van der Waals surface area contributed by atoms with E-state index in [0.29, 0.717) is 0 Å². The Balaban J connectivity index is 0.000000100. The number of aromatic nitrogens is 2. The molecule has 0 atom stereocenters. The Morgan fingerprint density at radius 2 is 0.573 bits per heavy atom. The molecule has 0 N–H and O–H groups in total. The summed E-state index contributed by atoms with van der Waals surface area (Å²) >= 11 is 0. The molecule has 698 valence electrons. The normalized spacial score (nSPS) is 12.8. The fourth-order valence-electron chi connectivity index (χ4n) is 26.0. The van der Waals surface area contributed by atoms with E-state index in [-0.39, 0.29) is 5.41 Å². The minimum atomic E-state index is -0.0774. The molecule has 0 bridgehead atoms. The second kappa shape index (κ2) is 31.1. The Labute approximate surface area is 857 Å². The summed E-state index contributed by atoms with van der Waals surface area (Å²) in [4.78, 5) is 9.84. The monoisotopic (exact) mass is 1910 g/mol. The summed E-state index contributed by atoms with van der Waals surface area (Å²) in [5.74, 6) is 0. The van der Waals surface area contributed by atoms with Crippen molar-refractivity contribution in [3.8, 4) is 106 Å². The van der Waals surface area contributed by atoms with E-state index in [1.165, 1.54) is 110 Å². The molecule has 0 radical (unpaired) electrons. The first-order chi connectivity index (χ1) is 74.1. The maximum atomic E-state index is 6.62. The first-order valence-corrected chi connectivity index (χ1v) is 51.3. The van der Waals surface area contributed by atoms with E-state index in [2.05, 4.69) is 459 Å². The molecule has 35 rings (SSSR count). The second-order valence-corrected chi connectivity index (χ2v) is 40.8. The van der Waals surface area contributed by atoms with Crippen LogP contribution in [0.1, 0.15) is 25.0 Å². The number of furan rings is 6. The van der Waals surface area contributed by atoms with Gasteiger partial charge in [0.05, 0.1) is 22.4 Å². The first kappa shape index (κ1) is 82.6. The predicted octanol–water partition coefficient (Wildman–Crippen LogP) is 39.9. The zero-order valence-corrected chi connectivity index (χ0v) is 81.1. The predicted molar refractivity (Wildman–Crippen MR) is 619 cm³/mol. The number of para-hydroxylation sites is 2. The van der Waals surface area contributed by atoms with Crippen LogP contribution in [0.4, 0.5) is 34.1 Å². The summed E-state index contributed by atoms with van der Waals surface area (Å²) in [5.41, 5.74) is 44.4. The number of rotatable bonds is 12. The highest BCUT2D eigenvalue weighted by molar-refractivity contribution is 6.40. The van der Waals surface area contributed by atoms with Crippen molar-refractivity contribution < 1.29 is 26.5 Å². The van der Waals surface area contributed by atoms with Crippen molar-refractivity contribution in [3.05, 3.63) is 472 Å². The lowest BCUT2D eigenvalue weighted by Crippen LogP contribution is -2.14. The molecular weight excluding hydrogens is 1830 g/mol. The van der Waals surface area contributed by atoms with Crippen molar-refractivity contribution in [2.75, 3.05) is 9.80 Å². The van der Waals surface area contributed by atoms with Crippen LogP contribution in [0.2, 0.25) is 0 Å². The molecule has 4 aliphatic carbocycles. The van der Waals surface area contributed by atoms with Crippen LogP contribution in [0.15, 0.2) is 488 Å². The third-order valence-electron chi connectivity index (χ3n) is 32.4. The molecular formula is C140H82N4O6. The highest BCUT2D eigenvalue weighted by atomic mass is 16.3. The van der Waals surface area contributed by atoms with Crippen LogP contribution in [-0.4, -0.2) is 9.55 Å². The zero-order chi connectivity index (χ0) is 98.1. The van der Waals surface area contributed by atoms with Gasteiger partial charge in [-0.25, -0.2) is 4.98 Å². The number of pyridine rings is 1. The molecule has 0 saturated carbocycles. The second-order valence-electron chi connectivity index (χ2n) is 40.8. The fourth-order valence-corrected chi connectivity index (χ4v) is 26.0. The van der Waals surface area contributed by atoms with Crippen molar-refractivity contribution in [2.45, 2.75) is 19.3 Å². The van der Waals surface area contributed by atoms with Gasteiger partial charge in [0.15, 0.2) is 0 Å². The summed E-state index contributed by atoms with van der Waals surface area (Å²) in [6.45, 7) is 4.78. The van der Waals surface area contributed by atoms with Crippen LogP contribution in [0, 0.1) is 0 Å². The van der Waals surface area contributed by atoms with Crippen LogP contribution in [0.3, 0.4) is 0 Å². The number of benzene rings is 23. The standard InChI is InChI=1S/C55H36N2O.C52H29NO3.C33H17NO2/c1-55(2)44-21-10-19-42-43-20-11-22-46-52(43)54-47(29-25-34-24-28-45(55)53(50(34)54)51(42)44)57(46)38-17-9-16-37(31-38)56(36-15-8-14-35(30-36)33-12-4-3-5-13-33)39-26-27-41-40-18-6-7-23-48(40)58-49(41)32-39;1-2-9-30(10-3-1)32-11-6-13-34(27-32)53(36-21-22-39-38-15-4-5-17-41(38)54-46(39)29-36)35-14-7-12-33(28-35)37-23-26-45-52-48(37)40-16-8-18-42-49(40)50-43(55-42)24-19-31-20-25-44(56-45)51(52)47(31)50;1-2-6-18(7-3-1)22-9-5-10-23(34-22)20-14-17-27-33-29(20)21-8-4-11-24-30(21)31-25(35-24)15-12-19-13-16-26(36-27)32(33)28(19)31/h3-32H,1-2H3;1-29H;1-17H. The zero-order valence-electron chi connectivity index (χ0n) is 81.1. The van der Waals surface area contributed by atoms with Gasteiger partial charge in [0, 0.05) is 166 Å². The van der Waals surface area contributed by atoms with E-state index in [0.717, 1.165) is 228 Å². The van der Waals surface area contributed by atoms with Gasteiger partial charge < -0.3 is 40.9 Å². The number of fused-ring (bicyclic) bond motifs is 9. The summed E-state index contributed by atoms with van der Waals surface area (Å²) in [7, 11) is 0. The number of anilines is 6. The molecule has 10 nitrogen and oxygen atoms in total. The molecule has 0 amide bonds. The number of nitrogens with zero attached hydrogens (tertiary/aromatic N) is 4.